The molecule has 0 amide bonds. The summed E-state index contributed by atoms with van der Waals surface area (Å²) in [5.74, 6) is 0. The van der Waals surface area contributed by atoms with Gasteiger partial charge in [0.05, 0.1) is 0 Å². The minimum Gasteiger partial charge on any atom is -0.103 e. The molecule has 0 aromatic carbocycles. The molecule has 0 nitrogen and oxygen atoms in total. The molecule has 0 aliphatic heterocycles. The van der Waals surface area contributed by atoms with Gasteiger partial charge in [-0.15, -0.1) is 6.58 Å². The van der Waals surface area contributed by atoms with E-state index >= 15 is 0 Å². The molecule has 0 saturated heterocycles. The SMILES string of the molecule is C.C=CC.CC.CCC. The molecule has 0 spiro atoms. The van der Waals surface area contributed by atoms with Crippen LogP contribution in [-0.2, 0) is 0 Å². The Morgan fingerprint density at radius 1 is 1.22 bits per heavy atom. The second kappa shape index (κ2) is 116. The lowest BCUT2D eigenvalue weighted by Gasteiger charge is -1.48. The minimum absolute atomic E-state index is 0. The Bertz CT molecular complexity index is 14.0. The molecule has 0 aliphatic carbocycles. The van der Waals surface area contributed by atoms with E-state index < -0.39 is 0 Å². The number of allylic oxidation sites excluding steroid dienone is 1. The molecular weight excluding hydrogens is 108 g/mol. The average Bonchev–Trinajstić information content (AvgIpc) is 1.75. The molecule has 0 heterocycles. The molecule has 0 bridgehead atoms. The van der Waals surface area contributed by atoms with Crippen LogP contribution in [-0.4, -0.2) is 0 Å². The summed E-state index contributed by atoms with van der Waals surface area (Å²) in [7, 11) is 0. The highest BCUT2D eigenvalue weighted by Gasteiger charge is 1.35. The molecule has 0 N–H and O–H groups in total. The van der Waals surface area contributed by atoms with Crippen molar-refractivity contribution in [3.05, 3.63) is 12.7 Å². The smallest absolute Gasteiger partial charge is 0.0473 e. The first-order valence-corrected chi connectivity index (χ1v) is 3.40. The summed E-state index contributed by atoms with van der Waals surface area (Å²) in [6, 6.07) is 0. The van der Waals surface area contributed by atoms with Gasteiger partial charge < -0.3 is 0 Å². The van der Waals surface area contributed by atoms with Crippen LogP contribution in [0, 0.1) is 0 Å². The monoisotopic (exact) mass is 132 g/mol. The number of rotatable bonds is 0. The molecule has 0 heteroatoms. The summed E-state index contributed by atoms with van der Waals surface area (Å²) >= 11 is 0. The fourth-order valence-electron chi connectivity index (χ4n) is 0. The van der Waals surface area contributed by atoms with Crippen LogP contribution in [0.25, 0.3) is 0 Å². The van der Waals surface area contributed by atoms with Crippen molar-refractivity contribution >= 4 is 0 Å². The molecule has 0 rings (SSSR count). The van der Waals surface area contributed by atoms with Crippen molar-refractivity contribution in [3.8, 4) is 0 Å². The van der Waals surface area contributed by atoms with Gasteiger partial charge in [-0.25, -0.2) is 0 Å². The maximum Gasteiger partial charge on any atom is -0.0473 e. The first-order valence-electron chi connectivity index (χ1n) is 3.40. The zero-order chi connectivity index (χ0) is 7.41. The van der Waals surface area contributed by atoms with Crippen LogP contribution in [0.15, 0.2) is 12.7 Å². The Labute approximate surface area is 62.0 Å². The lowest BCUT2D eigenvalue weighted by molar-refractivity contribution is 1.09. The standard InChI is InChI=1S/C3H8.C3H6.C2H6.CH4/c2*1-3-2;1-2;/h3H2,1-2H3;3H,1H2,2H3;1-2H3;1H4. The lowest BCUT2D eigenvalue weighted by Crippen LogP contribution is -1.27. The Kier molecular flexibility index (Phi) is 301. The third-order valence-corrected chi connectivity index (χ3v) is 0. The molecule has 9 heavy (non-hydrogen) atoms. The summed E-state index contributed by atoms with van der Waals surface area (Å²) in [6.45, 7) is 13.5. The van der Waals surface area contributed by atoms with Crippen molar-refractivity contribution in [2.45, 2.75) is 48.5 Å². The molecule has 0 atom stereocenters. The fraction of sp³-hybridized carbons (Fsp3) is 0.778. The normalized spacial score (nSPS) is 4.11. The highest BCUT2D eigenvalue weighted by atomic mass is 13.4. The van der Waals surface area contributed by atoms with Crippen molar-refractivity contribution in [1.29, 1.82) is 0 Å². The van der Waals surface area contributed by atoms with E-state index in [1.54, 1.807) is 6.08 Å². The molecule has 0 fully saturated rings. The van der Waals surface area contributed by atoms with E-state index in [0.717, 1.165) is 0 Å². The van der Waals surface area contributed by atoms with Gasteiger partial charge in [-0.05, 0) is 6.92 Å². The van der Waals surface area contributed by atoms with E-state index in [9.17, 15) is 0 Å². The molecule has 0 aromatic heterocycles. The van der Waals surface area contributed by atoms with Gasteiger partial charge in [-0.3, -0.25) is 0 Å². The van der Waals surface area contributed by atoms with Gasteiger partial charge in [0.25, 0.3) is 0 Å². The van der Waals surface area contributed by atoms with E-state index in [2.05, 4.69) is 20.4 Å². The molecule has 60 valence electrons. The fourth-order valence-corrected chi connectivity index (χ4v) is 0. The van der Waals surface area contributed by atoms with Gasteiger partial charge in [0, 0.05) is 0 Å². The first-order chi connectivity index (χ1) is 3.83. The zero-order valence-electron chi connectivity index (χ0n) is 6.99. The number of hydrogen-bond donors (Lipinski definition) is 0. The van der Waals surface area contributed by atoms with Crippen LogP contribution in [0.2, 0.25) is 0 Å². The summed E-state index contributed by atoms with van der Waals surface area (Å²) in [6.07, 6.45) is 3.00. The summed E-state index contributed by atoms with van der Waals surface area (Å²) in [5.41, 5.74) is 0. The maximum absolute atomic E-state index is 3.36. The highest BCUT2D eigenvalue weighted by molar-refractivity contribution is 4.51. The van der Waals surface area contributed by atoms with Gasteiger partial charge in [-0.2, -0.15) is 0 Å². The van der Waals surface area contributed by atoms with Gasteiger partial charge in [-0.1, -0.05) is 47.6 Å². The van der Waals surface area contributed by atoms with Crippen molar-refractivity contribution in [3.63, 3.8) is 0 Å². The van der Waals surface area contributed by atoms with Crippen molar-refractivity contribution in [1.82, 2.24) is 0 Å². The van der Waals surface area contributed by atoms with Crippen molar-refractivity contribution in [2.75, 3.05) is 0 Å². The molecule has 0 radical (unpaired) electrons. The van der Waals surface area contributed by atoms with Gasteiger partial charge in [0.2, 0.25) is 0 Å². The molecule has 0 aliphatic rings. The van der Waals surface area contributed by atoms with E-state index in [4.69, 9.17) is 0 Å². The maximum atomic E-state index is 3.36. The van der Waals surface area contributed by atoms with E-state index in [1.807, 2.05) is 20.8 Å². The molecule has 0 aromatic rings. The predicted octanol–water partition coefficient (Wildman–Crippen LogP) is 4.27. The molecule has 0 unspecified atom stereocenters. The van der Waals surface area contributed by atoms with Crippen LogP contribution in [0.5, 0.6) is 0 Å². The van der Waals surface area contributed by atoms with Crippen molar-refractivity contribution < 1.29 is 0 Å². The van der Waals surface area contributed by atoms with Crippen LogP contribution >= 0.6 is 0 Å². The predicted molar refractivity (Wildman–Crippen MR) is 49.9 cm³/mol. The van der Waals surface area contributed by atoms with Gasteiger partial charge in [0.15, 0.2) is 0 Å². The summed E-state index contributed by atoms with van der Waals surface area (Å²) < 4.78 is 0. The van der Waals surface area contributed by atoms with Crippen LogP contribution in [0.4, 0.5) is 0 Å². The second-order valence-electron chi connectivity index (χ2n) is 1.12. The number of hydrogen-bond acceptors (Lipinski definition) is 0. The molecule has 0 saturated carbocycles. The highest BCUT2D eigenvalue weighted by Crippen LogP contribution is 1.56. The van der Waals surface area contributed by atoms with Crippen LogP contribution < -0.4 is 0 Å². The van der Waals surface area contributed by atoms with Crippen LogP contribution in [0.1, 0.15) is 48.5 Å². The van der Waals surface area contributed by atoms with Gasteiger partial charge >= 0.3 is 0 Å². The topological polar surface area (TPSA) is 0 Å². The minimum atomic E-state index is 0. The Balaban J connectivity index is -0.0000000202. The Morgan fingerprint density at radius 2 is 1.22 bits per heavy atom. The summed E-state index contributed by atoms with van der Waals surface area (Å²) in [5, 5.41) is 0. The van der Waals surface area contributed by atoms with E-state index in [-0.39, 0.29) is 7.43 Å². The Hall–Kier alpha value is -0.260. The van der Waals surface area contributed by atoms with E-state index in [0.29, 0.717) is 0 Å². The largest absolute Gasteiger partial charge is 0.103 e. The summed E-state index contributed by atoms with van der Waals surface area (Å²) in [4.78, 5) is 0. The third kappa shape index (κ3) is 3770. The van der Waals surface area contributed by atoms with Crippen LogP contribution in [0.3, 0.4) is 0 Å². The third-order valence-electron chi connectivity index (χ3n) is 0. The van der Waals surface area contributed by atoms with Crippen molar-refractivity contribution in [2.24, 2.45) is 0 Å². The van der Waals surface area contributed by atoms with E-state index in [1.165, 1.54) is 6.42 Å². The lowest BCUT2D eigenvalue weighted by atomic mass is 10.6. The first kappa shape index (κ1) is 23.3. The van der Waals surface area contributed by atoms with Gasteiger partial charge in [0.1, 0.15) is 0 Å². The zero-order valence-corrected chi connectivity index (χ0v) is 6.99. The quantitative estimate of drug-likeness (QED) is 0.432. The second-order valence-corrected chi connectivity index (χ2v) is 1.12. The molecular formula is C9H24. The average molecular weight is 132 g/mol. The Morgan fingerprint density at radius 3 is 1.22 bits per heavy atom.